The monoisotopic (exact) mass is 270 g/mol. The summed E-state index contributed by atoms with van der Waals surface area (Å²) < 4.78 is 0. The first kappa shape index (κ1) is 16.9. The molecule has 0 aromatic rings. The number of nitrogens with zero attached hydrogens (tertiary/aromatic N) is 1. The van der Waals surface area contributed by atoms with Crippen LogP contribution in [0, 0.1) is 11.8 Å². The van der Waals surface area contributed by atoms with Crippen LogP contribution in [-0.4, -0.2) is 48.8 Å². The van der Waals surface area contributed by atoms with Crippen molar-refractivity contribution in [3.8, 4) is 0 Å². The van der Waals surface area contributed by atoms with Gasteiger partial charge in [-0.25, -0.2) is 0 Å². The summed E-state index contributed by atoms with van der Waals surface area (Å²) in [6, 6.07) is 0.655. The zero-order valence-electron chi connectivity index (χ0n) is 13.2. The second-order valence-electron chi connectivity index (χ2n) is 6.56. The molecule has 0 aromatic carbocycles. The lowest BCUT2D eigenvalue weighted by molar-refractivity contribution is 0.129. The van der Waals surface area contributed by atoms with Gasteiger partial charge >= 0.3 is 0 Å². The van der Waals surface area contributed by atoms with Gasteiger partial charge in [0.15, 0.2) is 0 Å². The fourth-order valence-electron chi connectivity index (χ4n) is 3.11. The molecule has 0 aliphatic carbocycles. The maximum atomic E-state index is 9.01. The van der Waals surface area contributed by atoms with Crippen molar-refractivity contribution in [2.24, 2.45) is 11.8 Å². The van der Waals surface area contributed by atoms with Crippen LogP contribution in [0.5, 0.6) is 0 Å². The van der Waals surface area contributed by atoms with Crippen LogP contribution in [0.2, 0.25) is 0 Å². The van der Waals surface area contributed by atoms with Crippen LogP contribution in [0.15, 0.2) is 0 Å². The Labute approximate surface area is 119 Å². The quantitative estimate of drug-likeness (QED) is 0.676. The van der Waals surface area contributed by atoms with Gasteiger partial charge in [-0.15, -0.1) is 0 Å². The maximum absolute atomic E-state index is 9.01. The van der Waals surface area contributed by atoms with Crippen LogP contribution in [0.1, 0.15) is 52.9 Å². The van der Waals surface area contributed by atoms with Gasteiger partial charge in [-0.2, -0.15) is 0 Å². The highest BCUT2D eigenvalue weighted by molar-refractivity contribution is 4.83. The van der Waals surface area contributed by atoms with E-state index < -0.39 is 0 Å². The maximum Gasteiger partial charge on any atom is 0.0431 e. The summed E-state index contributed by atoms with van der Waals surface area (Å²) in [6.45, 7) is 12.0. The van der Waals surface area contributed by atoms with Crippen LogP contribution in [0.25, 0.3) is 0 Å². The van der Waals surface area contributed by atoms with Crippen LogP contribution in [0.3, 0.4) is 0 Å². The number of piperidine rings is 1. The number of rotatable bonds is 9. The highest BCUT2D eigenvalue weighted by Gasteiger charge is 2.25. The molecule has 1 fully saturated rings. The molecule has 114 valence electrons. The molecule has 0 radical (unpaired) electrons. The van der Waals surface area contributed by atoms with Crippen molar-refractivity contribution in [2.45, 2.75) is 58.9 Å². The molecule has 3 nitrogen and oxygen atoms in total. The Balaban J connectivity index is 2.35. The van der Waals surface area contributed by atoms with E-state index in [0.717, 1.165) is 24.8 Å². The third kappa shape index (κ3) is 7.28. The van der Waals surface area contributed by atoms with Crippen molar-refractivity contribution in [3.05, 3.63) is 0 Å². The van der Waals surface area contributed by atoms with Gasteiger partial charge in [0.2, 0.25) is 0 Å². The first-order chi connectivity index (χ1) is 9.15. The normalized spacial score (nSPS) is 25.1. The van der Waals surface area contributed by atoms with Gasteiger partial charge in [0, 0.05) is 25.7 Å². The Kier molecular flexibility index (Phi) is 8.67. The Morgan fingerprint density at radius 1 is 1.32 bits per heavy atom. The lowest BCUT2D eigenvalue weighted by atomic mass is 9.90. The van der Waals surface area contributed by atoms with Crippen LogP contribution < -0.4 is 5.32 Å². The van der Waals surface area contributed by atoms with Crippen molar-refractivity contribution in [2.75, 3.05) is 32.8 Å². The first-order valence-corrected chi connectivity index (χ1v) is 8.22. The molecule has 1 saturated heterocycles. The van der Waals surface area contributed by atoms with E-state index in [4.69, 9.17) is 5.11 Å². The highest BCUT2D eigenvalue weighted by Crippen LogP contribution is 2.21. The minimum atomic E-state index is 0.343. The lowest BCUT2D eigenvalue weighted by Crippen LogP contribution is -2.49. The molecule has 0 bridgehead atoms. The number of hydrogen-bond donors (Lipinski definition) is 2. The molecule has 19 heavy (non-hydrogen) atoms. The third-order valence-corrected chi connectivity index (χ3v) is 4.08. The second kappa shape index (κ2) is 9.73. The zero-order valence-corrected chi connectivity index (χ0v) is 13.2. The van der Waals surface area contributed by atoms with E-state index in [2.05, 4.69) is 31.0 Å². The summed E-state index contributed by atoms with van der Waals surface area (Å²) in [6.07, 6.45) is 5.94. The predicted molar refractivity (Wildman–Crippen MR) is 82.4 cm³/mol. The molecule has 1 aliphatic rings. The van der Waals surface area contributed by atoms with Crippen molar-refractivity contribution < 1.29 is 5.11 Å². The predicted octanol–water partition coefficient (Wildman–Crippen LogP) is 2.50. The van der Waals surface area contributed by atoms with Gasteiger partial charge in [0.1, 0.15) is 0 Å². The average molecular weight is 270 g/mol. The van der Waals surface area contributed by atoms with Crippen LogP contribution >= 0.6 is 0 Å². The number of hydrogen-bond acceptors (Lipinski definition) is 3. The first-order valence-electron chi connectivity index (χ1n) is 8.22. The summed E-state index contributed by atoms with van der Waals surface area (Å²) in [5, 5.41) is 12.7. The van der Waals surface area contributed by atoms with Gasteiger partial charge in [-0.05, 0) is 57.0 Å². The molecule has 3 heteroatoms. The van der Waals surface area contributed by atoms with E-state index in [-0.39, 0.29) is 0 Å². The Morgan fingerprint density at radius 3 is 2.74 bits per heavy atom. The minimum Gasteiger partial charge on any atom is -0.396 e. The molecule has 1 rings (SSSR count). The minimum absolute atomic E-state index is 0.343. The van der Waals surface area contributed by atoms with E-state index in [1.54, 1.807) is 0 Å². The zero-order chi connectivity index (χ0) is 14.1. The van der Waals surface area contributed by atoms with Gasteiger partial charge < -0.3 is 15.3 Å². The molecular formula is C16H34N2O. The van der Waals surface area contributed by atoms with Crippen molar-refractivity contribution in [1.82, 2.24) is 10.2 Å². The average Bonchev–Trinajstić information content (AvgIpc) is 2.36. The molecule has 0 saturated carbocycles. The SMILES string of the molecule is CCCN1CC(CCCO)CC(NCCC(C)C)C1. The molecule has 1 heterocycles. The largest absolute Gasteiger partial charge is 0.396 e. The van der Waals surface area contributed by atoms with Crippen molar-refractivity contribution in [3.63, 3.8) is 0 Å². The fraction of sp³-hybridized carbons (Fsp3) is 1.00. The smallest absolute Gasteiger partial charge is 0.0431 e. The molecule has 2 N–H and O–H groups in total. The summed E-state index contributed by atoms with van der Waals surface area (Å²) >= 11 is 0. The van der Waals surface area contributed by atoms with Gasteiger partial charge in [-0.1, -0.05) is 20.8 Å². The van der Waals surface area contributed by atoms with E-state index >= 15 is 0 Å². The van der Waals surface area contributed by atoms with Crippen molar-refractivity contribution >= 4 is 0 Å². The summed E-state index contributed by atoms with van der Waals surface area (Å²) in [4.78, 5) is 2.61. The van der Waals surface area contributed by atoms with E-state index in [1.165, 1.54) is 45.3 Å². The topological polar surface area (TPSA) is 35.5 Å². The molecule has 2 atom stereocenters. The Morgan fingerprint density at radius 2 is 2.11 bits per heavy atom. The van der Waals surface area contributed by atoms with Gasteiger partial charge in [0.25, 0.3) is 0 Å². The summed E-state index contributed by atoms with van der Waals surface area (Å²) in [5.74, 6) is 1.55. The Bertz CT molecular complexity index is 221. The highest BCUT2D eigenvalue weighted by atomic mass is 16.2. The van der Waals surface area contributed by atoms with Crippen LogP contribution in [-0.2, 0) is 0 Å². The van der Waals surface area contributed by atoms with E-state index in [0.29, 0.717) is 12.6 Å². The molecule has 2 unspecified atom stereocenters. The number of likely N-dealkylation sites (tertiary alicyclic amines) is 1. The fourth-order valence-corrected chi connectivity index (χ4v) is 3.11. The standard InChI is InChI=1S/C16H34N2O/c1-4-9-18-12-15(6-5-10-19)11-16(13-18)17-8-7-14(2)3/h14-17,19H,4-13H2,1-3H3. The Hall–Kier alpha value is -0.120. The molecule has 1 aliphatic heterocycles. The van der Waals surface area contributed by atoms with Crippen LogP contribution in [0.4, 0.5) is 0 Å². The second-order valence-corrected chi connectivity index (χ2v) is 6.56. The third-order valence-electron chi connectivity index (χ3n) is 4.08. The van der Waals surface area contributed by atoms with E-state index in [1.807, 2.05) is 0 Å². The van der Waals surface area contributed by atoms with E-state index in [9.17, 15) is 0 Å². The lowest BCUT2D eigenvalue weighted by Gasteiger charge is -2.38. The summed E-state index contributed by atoms with van der Waals surface area (Å²) in [7, 11) is 0. The number of aliphatic hydroxyl groups excluding tert-OH is 1. The molecule has 0 amide bonds. The number of nitrogens with one attached hydrogen (secondary N) is 1. The summed E-state index contributed by atoms with van der Waals surface area (Å²) in [5.41, 5.74) is 0. The van der Waals surface area contributed by atoms with Gasteiger partial charge in [-0.3, -0.25) is 0 Å². The van der Waals surface area contributed by atoms with Crippen molar-refractivity contribution in [1.29, 1.82) is 0 Å². The van der Waals surface area contributed by atoms with Gasteiger partial charge in [0.05, 0.1) is 0 Å². The number of aliphatic hydroxyl groups is 1. The molecule has 0 spiro atoms. The molecule has 0 aromatic heterocycles. The molecular weight excluding hydrogens is 236 g/mol.